The number of hydrogen-bond acceptors (Lipinski definition) is 8. The first-order valence-electron chi connectivity index (χ1n) is 5.74. The normalized spacial score (nSPS) is 13.5. The summed E-state index contributed by atoms with van der Waals surface area (Å²) >= 11 is 0. The number of anilines is 1. The molecular weight excluding hydrogens is 305 g/mol. The summed E-state index contributed by atoms with van der Waals surface area (Å²) in [6.45, 7) is -0.629. The Kier molecular flexibility index (Phi) is 4.70. The van der Waals surface area contributed by atoms with Gasteiger partial charge < -0.3 is 30.2 Å². The molecule has 0 saturated heterocycles. The summed E-state index contributed by atoms with van der Waals surface area (Å²) in [6, 6.07) is 0. The predicted octanol–water partition coefficient (Wildman–Crippen LogP) is -1.65. The summed E-state index contributed by atoms with van der Waals surface area (Å²) in [4.78, 5) is 34.4. The molecule has 0 saturated carbocycles. The molecule has 0 spiro atoms. The molecule has 0 fully saturated rings. The van der Waals surface area contributed by atoms with Crippen molar-refractivity contribution in [1.29, 1.82) is 0 Å². The van der Waals surface area contributed by atoms with E-state index in [0.717, 1.165) is 0 Å². The van der Waals surface area contributed by atoms with Gasteiger partial charge in [-0.25, -0.2) is 15.0 Å². The first kappa shape index (κ1) is 15.6. The smallest absolute Gasteiger partial charge is 0.350 e. The third-order valence-electron chi connectivity index (χ3n) is 2.41. The molecule has 0 aliphatic carbocycles. The minimum atomic E-state index is -4.31. The van der Waals surface area contributed by atoms with Crippen molar-refractivity contribution < 1.29 is 29.0 Å². The predicted molar refractivity (Wildman–Crippen MR) is 70.1 cm³/mol. The van der Waals surface area contributed by atoms with Gasteiger partial charge in [-0.05, 0) is 0 Å². The quantitative estimate of drug-likeness (QED) is 0.434. The number of aliphatic hydroxyl groups is 1. The topological polar surface area (TPSA) is 166 Å². The van der Waals surface area contributed by atoms with Gasteiger partial charge in [-0.3, -0.25) is 4.57 Å². The molecule has 0 radical (unpaired) electrons. The number of fused-ring (bicyclic) bond motifs is 1. The Morgan fingerprint density at radius 1 is 1.38 bits per heavy atom. The maximum Gasteiger partial charge on any atom is 0.350 e. The van der Waals surface area contributed by atoms with Crippen molar-refractivity contribution in [2.24, 2.45) is 0 Å². The lowest BCUT2D eigenvalue weighted by molar-refractivity contribution is -0.0327. The molecule has 0 bridgehead atoms. The summed E-state index contributed by atoms with van der Waals surface area (Å²) in [5.74, 6) is 0.193. The summed E-state index contributed by atoms with van der Waals surface area (Å²) in [6.07, 6.45) is 0.843. The molecule has 0 aliphatic heterocycles. The molecule has 1 atom stereocenters. The standard InChI is InChI=1S/C9H14N5O6P/c10-8-7-9(12-3-11-8)14(4-13-7)20-2-6(1-15)19-5-21(16,17)18/h3-4,6,15H,1-2,5H2,(H2,10,11,12)(H2,16,17,18)/t6-/m0/s1. The van der Waals surface area contributed by atoms with Crippen LogP contribution >= 0.6 is 7.60 Å². The summed E-state index contributed by atoms with van der Waals surface area (Å²) in [5.41, 5.74) is 6.30. The fourth-order valence-corrected chi connectivity index (χ4v) is 1.85. The molecule has 0 unspecified atom stereocenters. The monoisotopic (exact) mass is 319 g/mol. The summed E-state index contributed by atoms with van der Waals surface area (Å²) < 4.78 is 16.8. The van der Waals surface area contributed by atoms with Crippen LogP contribution < -0.4 is 10.6 Å². The molecule has 21 heavy (non-hydrogen) atoms. The molecule has 5 N–H and O–H groups in total. The SMILES string of the molecule is Nc1ncnc2c1ncn2OC[C@H](CO)OCP(=O)(O)O. The van der Waals surface area contributed by atoms with Crippen LogP contribution in [0.2, 0.25) is 0 Å². The van der Waals surface area contributed by atoms with Crippen LogP contribution in [-0.4, -0.2) is 60.2 Å². The fourth-order valence-electron chi connectivity index (χ4n) is 1.45. The van der Waals surface area contributed by atoms with Crippen LogP contribution in [0.4, 0.5) is 5.82 Å². The Labute approximate surface area is 118 Å². The maximum absolute atomic E-state index is 10.7. The highest BCUT2D eigenvalue weighted by molar-refractivity contribution is 7.51. The zero-order chi connectivity index (χ0) is 15.5. The van der Waals surface area contributed by atoms with Gasteiger partial charge in [0.2, 0.25) is 5.65 Å². The maximum atomic E-state index is 10.7. The fraction of sp³-hybridized carbons (Fsp3) is 0.444. The van der Waals surface area contributed by atoms with E-state index in [-0.39, 0.29) is 12.4 Å². The second-order valence-electron chi connectivity index (χ2n) is 4.06. The lowest BCUT2D eigenvalue weighted by atomic mass is 10.4. The summed E-state index contributed by atoms with van der Waals surface area (Å²) in [7, 11) is -4.31. The van der Waals surface area contributed by atoms with Crippen molar-refractivity contribution in [2.45, 2.75) is 6.10 Å². The first-order chi connectivity index (χ1) is 9.90. The molecular formula is C9H14N5O6P. The van der Waals surface area contributed by atoms with E-state index in [2.05, 4.69) is 15.0 Å². The van der Waals surface area contributed by atoms with Crippen molar-refractivity contribution in [3.05, 3.63) is 12.7 Å². The molecule has 0 aliphatic rings. The van der Waals surface area contributed by atoms with Crippen molar-refractivity contribution in [1.82, 2.24) is 19.7 Å². The molecule has 2 heterocycles. The Morgan fingerprint density at radius 2 is 2.14 bits per heavy atom. The van der Waals surface area contributed by atoms with Crippen LogP contribution in [0.15, 0.2) is 12.7 Å². The molecule has 2 aromatic rings. The Hall–Kier alpha value is -1.78. The van der Waals surface area contributed by atoms with Gasteiger partial charge in [-0.2, -0.15) is 4.73 Å². The van der Waals surface area contributed by atoms with E-state index in [4.69, 9.17) is 30.2 Å². The van der Waals surface area contributed by atoms with Crippen LogP contribution in [0.5, 0.6) is 0 Å². The van der Waals surface area contributed by atoms with E-state index in [1.165, 1.54) is 17.4 Å². The van der Waals surface area contributed by atoms with E-state index in [1.807, 2.05) is 0 Å². The lowest BCUT2D eigenvalue weighted by Gasteiger charge is -2.16. The van der Waals surface area contributed by atoms with E-state index in [0.29, 0.717) is 11.2 Å². The van der Waals surface area contributed by atoms with Crippen LogP contribution in [0.3, 0.4) is 0 Å². The zero-order valence-electron chi connectivity index (χ0n) is 10.7. The second kappa shape index (κ2) is 6.33. The van der Waals surface area contributed by atoms with Gasteiger partial charge in [0.1, 0.15) is 31.7 Å². The van der Waals surface area contributed by atoms with E-state index in [1.54, 1.807) is 0 Å². The van der Waals surface area contributed by atoms with Crippen LogP contribution in [-0.2, 0) is 9.30 Å². The minimum Gasteiger partial charge on any atom is -0.408 e. The lowest BCUT2D eigenvalue weighted by Crippen LogP contribution is -2.29. The van der Waals surface area contributed by atoms with Gasteiger partial charge in [-0.1, -0.05) is 0 Å². The van der Waals surface area contributed by atoms with Crippen LogP contribution in [0.25, 0.3) is 11.2 Å². The van der Waals surface area contributed by atoms with Gasteiger partial charge in [0, 0.05) is 0 Å². The van der Waals surface area contributed by atoms with Gasteiger partial charge in [0.25, 0.3) is 0 Å². The zero-order valence-corrected chi connectivity index (χ0v) is 11.6. The van der Waals surface area contributed by atoms with Crippen molar-refractivity contribution in [2.75, 3.05) is 25.3 Å². The molecule has 0 amide bonds. The Morgan fingerprint density at radius 3 is 2.81 bits per heavy atom. The molecule has 0 aromatic carbocycles. The van der Waals surface area contributed by atoms with Gasteiger partial charge in [0.05, 0.1) is 6.61 Å². The van der Waals surface area contributed by atoms with Gasteiger partial charge in [-0.15, -0.1) is 0 Å². The number of aromatic nitrogens is 4. The second-order valence-corrected chi connectivity index (χ2v) is 5.65. The molecule has 2 rings (SSSR count). The average Bonchev–Trinajstić information content (AvgIpc) is 2.83. The number of nitrogens with zero attached hydrogens (tertiary/aromatic N) is 4. The minimum absolute atomic E-state index is 0.161. The Balaban J connectivity index is 2.00. The largest absolute Gasteiger partial charge is 0.408 e. The number of hydrogen-bond donors (Lipinski definition) is 4. The number of aliphatic hydroxyl groups excluding tert-OH is 1. The van der Waals surface area contributed by atoms with Crippen molar-refractivity contribution >= 4 is 24.6 Å². The summed E-state index contributed by atoms with van der Waals surface area (Å²) in [5, 5.41) is 9.08. The highest BCUT2D eigenvalue weighted by Gasteiger charge is 2.18. The molecule has 12 heteroatoms. The first-order valence-corrected chi connectivity index (χ1v) is 7.54. The highest BCUT2D eigenvalue weighted by Crippen LogP contribution is 2.34. The third kappa shape index (κ3) is 4.09. The van der Waals surface area contributed by atoms with Gasteiger partial charge in [0.15, 0.2) is 11.3 Å². The van der Waals surface area contributed by atoms with Crippen LogP contribution in [0, 0.1) is 0 Å². The van der Waals surface area contributed by atoms with E-state index < -0.39 is 26.7 Å². The molecule has 11 nitrogen and oxygen atoms in total. The average molecular weight is 319 g/mol. The number of ether oxygens (including phenoxy) is 1. The van der Waals surface area contributed by atoms with E-state index >= 15 is 0 Å². The highest BCUT2D eigenvalue weighted by atomic mass is 31.2. The van der Waals surface area contributed by atoms with Crippen molar-refractivity contribution in [3.63, 3.8) is 0 Å². The number of imidazole rings is 1. The Bertz CT molecular complexity index is 657. The molecule has 2 aromatic heterocycles. The molecule has 116 valence electrons. The third-order valence-corrected chi connectivity index (χ3v) is 2.90. The number of nitrogen functional groups attached to an aromatic ring is 1. The van der Waals surface area contributed by atoms with Crippen molar-refractivity contribution in [3.8, 4) is 0 Å². The number of nitrogens with two attached hydrogens (primary N) is 1. The van der Waals surface area contributed by atoms with Crippen LogP contribution in [0.1, 0.15) is 0 Å². The van der Waals surface area contributed by atoms with E-state index in [9.17, 15) is 4.57 Å². The number of rotatable bonds is 7. The van der Waals surface area contributed by atoms with Gasteiger partial charge >= 0.3 is 7.60 Å².